The number of amides is 1. The molecule has 2 heterocycles. The number of nitrogens with zero attached hydrogens (tertiary/aromatic N) is 2. The van der Waals surface area contributed by atoms with Crippen molar-refractivity contribution in [2.45, 2.75) is 13.0 Å². The van der Waals surface area contributed by atoms with Gasteiger partial charge in [-0.05, 0) is 33.2 Å². The van der Waals surface area contributed by atoms with Crippen molar-refractivity contribution < 1.29 is 9.21 Å². The molecule has 0 saturated heterocycles. The number of hydrogen-bond donors (Lipinski definition) is 1. The number of rotatable bonds is 5. The van der Waals surface area contributed by atoms with E-state index in [4.69, 9.17) is 4.42 Å². The lowest BCUT2D eigenvalue weighted by Crippen LogP contribution is -2.34. The van der Waals surface area contributed by atoms with Crippen molar-refractivity contribution in [2.24, 2.45) is 0 Å². The topological polar surface area (TPSA) is 58.4 Å². The third-order valence-electron chi connectivity index (χ3n) is 2.90. The standard InChI is InChI=1S/C13H17N3O2S/c1-9-12(19-8-15-9)13(17)14-7-10(16(2)3)11-5-4-6-18-11/h4-6,8,10H,7H2,1-3H3,(H,14,17)/t10-/m1/s1. The molecule has 0 unspecified atom stereocenters. The Morgan fingerprint density at radius 3 is 2.89 bits per heavy atom. The van der Waals surface area contributed by atoms with Gasteiger partial charge in [-0.1, -0.05) is 0 Å². The average Bonchev–Trinajstić information content (AvgIpc) is 3.00. The summed E-state index contributed by atoms with van der Waals surface area (Å²) in [5.74, 6) is 0.754. The minimum Gasteiger partial charge on any atom is -0.468 e. The van der Waals surface area contributed by atoms with Crippen LogP contribution in [0.5, 0.6) is 0 Å². The number of likely N-dealkylation sites (N-methyl/N-ethyl adjacent to an activating group) is 1. The lowest BCUT2D eigenvalue weighted by molar-refractivity contribution is 0.0942. The number of thiazole rings is 1. The molecule has 5 nitrogen and oxygen atoms in total. The van der Waals surface area contributed by atoms with E-state index in [1.165, 1.54) is 11.3 Å². The van der Waals surface area contributed by atoms with E-state index in [2.05, 4.69) is 10.3 Å². The normalized spacial score (nSPS) is 12.6. The van der Waals surface area contributed by atoms with Gasteiger partial charge in [0.05, 0.1) is 23.5 Å². The first-order valence-corrected chi connectivity index (χ1v) is 6.85. The Hall–Kier alpha value is -1.66. The molecule has 2 rings (SSSR count). The molecule has 0 bridgehead atoms. The lowest BCUT2D eigenvalue weighted by atomic mass is 10.2. The quantitative estimate of drug-likeness (QED) is 0.910. The van der Waals surface area contributed by atoms with Gasteiger partial charge in [-0.15, -0.1) is 11.3 Å². The largest absolute Gasteiger partial charge is 0.468 e. The molecule has 6 heteroatoms. The molecule has 0 radical (unpaired) electrons. The minimum absolute atomic E-state index is 0.0205. The third kappa shape index (κ3) is 3.21. The van der Waals surface area contributed by atoms with E-state index in [0.29, 0.717) is 11.4 Å². The molecular weight excluding hydrogens is 262 g/mol. The third-order valence-corrected chi connectivity index (χ3v) is 3.83. The Labute approximate surface area is 116 Å². The molecule has 0 aromatic carbocycles. The van der Waals surface area contributed by atoms with E-state index < -0.39 is 0 Å². The van der Waals surface area contributed by atoms with Crippen molar-refractivity contribution in [2.75, 3.05) is 20.6 Å². The Bertz CT molecular complexity index is 534. The van der Waals surface area contributed by atoms with Crippen LogP contribution in [0.2, 0.25) is 0 Å². The van der Waals surface area contributed by atoms with Crippen LogP contribution in [0.1, 0.15) is 27.2 Å². The van der Waals surface area contributed by atoms with Gasteiger partial charge >= 0.3 is 0 Å². The van der Waals surface area contributed by atoms with Gasteiger partial charge in [-0.2, -0.15) is 0 Å². The van der Waals surface area contributed by atoms with Gasteiger partial charge in [0.2, 0.25) is 0 Å². The summed E-state index contributed by atoms with van der Waals surface area (Å²) in [4.78, 5) is 18.8. The fraction of sp³-hybridized carbons (Fsp3) is 0.385. The van der Waals surface area contributed by atoms with E-state index in [-0.39, 0.29) is 11.9 Å². The first-order chi connectivity index (χ1) is 9.09. The van der Waals surface area contributed by atoms with E-state index in [0.717, 1.165) is 11.5 Å². The van der Waals surface area contributed by atoms with Gasteiger partial charge < -0.3 is 9.73 Å². The zero-order valence-electron chi connectivity index (χ0n) is 11.2. The average molecular weight is 279 g/mol. The summed E-state index contributed by atoms with van der Waals surface area (Å²) in [6.07, 6.45) is 1.64. The highest BCUT2D eigenvalue weighted by atomic mass is 32.1. The molecule has 0 aliphatic carbocycles. The van der Waals surface area contributed by atoms with Crippen LogP contribution in [-0.2, 0) is 0 Å². The fourth-order valence-electron chi connectivity index (χ4n) is 1.81. The second-order valence-corrected chi connectivity index (χ2v) is 5.33. The van der Waals surface area contributed by atoms with Crippen LogP contribution in [0, 0.1) is 6.92 Å². The zero-order valence-corrected chi connectivity index (χ0v) is 12.0. The molecule has 1 N–H and O–H groups in total. The molecule has 2 aromatic heterocycles. The summed E-state index contributed by atoms with van der Waals surface area (Å²) in [7, 11) is 3.91. The summed E-state index contributed by atoms with van der Waals surface area (Å²) in [6.45, 7) is 2.33. The summed E-state index contributed by atoms with van der Waals surface area (Å²) in [5, 5.41) is 2.93. The smallest absolute Gasteiger partial charge is 0.263 e. The molecule has 1 atom stereocenters. The number of hydrogen-bond acceptors (Lipinski definition) is 5. The van der Waals surface area contributed by atoms with Crippen molar-refractivity contribution in [3.8, 4) is 0 Å². The van der Waals surface area contributed by atoms with Gasteiger partial charge in [0.1, 0.15) is 10.6 Å². The number of carbonyl (C=O) groups is 1. The Kier molecular flexibility index (Phi) is 4.34. The van der Waals surface area contributed by atoms with Gasteiger partial charge in [0.15, 0.2) is 0 Å². The predicted octanol–water partition coefficient (Wildman–Crippen LogP) is 2.08. The molecule has 0 saturated carbocycles. The van der Waals surface area contributed by atoms with Crippen molar-refractivity contribution in [1.82, 2.24) is 15.2 Å². The highest BCUT2D eigenvalue weighted by molar-refractivity contribution is 7.11. The van der Waals surface area contributed by atoms with Crippen molar-refractivity contribution >= 4 is 17.2 Å². The minimum atomic E-state index is -0.0848. The first-order valence-electron chi connectivity index (χ1n) is 5.97. The van der Waals surface area contributed by atoms with Crippen LogP contribution in [0.25, 0.3) is 0 Å². The summed E-state index contributed by atoms with van der Waals surface area (Å²) < 4.78 is 5.40. The van der Waals surface area contributed by atoms with Crippen molar-refractivity contribution in [3.05, 3.63) is 40.2 Å². The number of aromatic nitrogens is 1. The fourth-order valence-corrected chi connectivity index (χ4v) is 2.53. The second kappa shape index (κ2) is 5.99. The molecule has 1 amide bonds. The second-order valence-electron chi connectivity index (χ2n) is 4.47. The van der Waals surface area contributed by atoms with Gasteiger partial charge in [-0.3, -0.25) is 9.69 Å². The Morgan fingerprint density at radius 1 is 1.58 bits per heavy atom. The summed E-state index contributed by atoms with van der Waals surface area (Å²) >= 11 is 1.35. The molecule has 19 heavy (non-hydrogen) atoms. The van der Waals surface area contributed by atoms with E-state index in [1.807, 2.05) is 38.1 Å². The highest BCUT2D eigenvalue weighted by Gasteiger charge is 2.19. The van der Waals surface area contributed by atoms with Gasteiger partial charge in [0, 0.05) is 6.54 Å². The molecule has 2 aromatic rings. The highest BCUT2D eigenvalue weighted by Crippen LogP contribution is 2.18. The maximum atomic E-state index is 12.0. The first kappa shape index (κ1) is 13.8. The SMILES string of the molecule is Cc1ncsc1C(=O)NC[C@H](c1ccco1)N(C)C. The maximum Gasteiger partial charge on any atom is 0.263 e. The predicted molar refractivity (Wildman–Crippen MR) is 74.3 cm³/mol. The molecule has 0 spiro atoms. The number of carbonyl (C=O) groups excluding carboxylic acids is 1. The van der Waals surface area contributed by atoms with E-state index >= 15 is 0 Å². The number of aryl methyl sites for hydroxylation is 1. The molecule has 0 aliphatic rings. The Morgan fingerprint density at radius 2 is 2.37 bits per heavy atom. The van der Waals surface area contributed by atoms with Crippen LogP contribution >= 0.6 is 11.3 Å². The van der Waals surface area contributed by atoms with Crippen LogP contribution in [-0.4, -0.2) is 36.4 Å². The lowest BCUT2D eigenvalue weighted by Gasteiger charge is -2.22. The number of nitrogens with one attached hydrogen (secondary N) is 1. The van der Waals surface area contributed by atoms with Crippen LogP contribution in [0.3, 0.4) is 0 Å². The van der Waals surface area contributed by atoms with Crippen molar-refractivity contribution in [3.63, 3.8) is 0 Å². The van der Waals surface area contributed by atoms with Crippen LogP contribution < -0.4 is 5.32 Å². The van der Waals surface area contributed by atoms with Crippen molar-refractivity contribution in [1.29, 1.82) is 0 Å². The van der Waals surface area contributed by atoms with E-state index in [9.17, 15) is 4.79 Å². The van der Waals surface area contributed by atoms with E-state index in [1.54, 1.807) is 11.8 Å². The molecular formula is C13H17N3O2S. The zero-order chi connectivity index (χ0) is 13.8. The molecule has 0 fully saturated rings. The van der Waals surface area contributed by atoms with Gasteiger partial charge in [-0.25, -0.2) is 4.98 Å². The van der Waals surface area contributed by atoms with Crippen LogP contribution in [0.15, 0.2) is 28.3 Å². The molecule has 0 aliphatic heterocycles. The van der Waals surface area contributed by atoms with Crippen LogP contribution in [0.4, 0.5) is 0 Å². The molecule has 102 valence electrons. The summed E-state index contributed by atoms with van der Waals surface area (Å²) in [6, 6.07) is 3.78. The summed E-state index contributed by atoms with van der Waals surface area (Å²) in [5.41, 5.74) is 2.45. The maximum absolute atomic E-state index is 12.0. The van der Waals surface area contributed by atoms with Gasteiger partial charge in [0.25, 0.3) is 5.91 Å². The monoisotopic (exact) mass is 279 g/mol. The Balaban J connectivity index is 2.00. The number of furan rings is 1.